The summed E-state index contributed by atoms with van der Waals surface area (Å²) in [5.41, 5.74) is 0.719. The minimum Gasteiger partial charge on any atom is -0.467 e. The fourth-order valence-electron chi connectivity index (χ4n) is 3.22. The molecular weight excluding hydrogens is 346 g/mol. The summed E-state index contributed by atoms with van der Waals surface area (Å²) in [7, 11) is 1.32. The number of esters is 1. The maximum Gasteiger partial charge on any atom is 0.328 e. The van der Waals surface area contributed by atoms with E-state index in [1.807, 2.05) is 44.2 Å². The van der Waals surface area contributed by atoms with Gasteiger partial charge < -0.3 is 20.3 Å². The van der Waals surface area contributed by atoms with E-state index in [-0.39, 0.29) is 23.8 Å². The van der Waals surface area contributed by atoms with Crippen LogP contribution in [0.1, 0.15) is 33.1 Å². The van der Waals surface area contributed by atoms with E-state index in [4.69, 9.17) is 4.74 Å². The minimum absolute atomic E-state index is 0.205. The van der Waals surface area contributed by atoms with Crippen LogP contribution in [0.5, 0.6) is 0 Å². The number of methoxy groups -OCH3 is 1. The lowest BCUT2D eigenvalue weighted by Crippen LogP contribution is -2.50. The molecule has 0 aromatic heterocycles. The van der Waals surface area contributed by atoms with Crippen LogP contribution in [0.4, 0.5) is 10.5 Å². The molecular formula is C20H29N3O4. The molecule has 27 heavy (non-hydrogen) atoms. The first-order chi connectivity index (χ1) is 12.9. The number of hydrogen-bond acceptors (Lipinski definition) is 4. The molecule has 2 rings (SSSR count). The van der Waals surface area contributed by atoms with Crippen LogP contribution >= 0.6 is 0 Å². The van der Waals surface area contributed by atoms with Crippen LogP contribution in [0, 0.1) is 11.8 Å². The molecule has 0 radical (unpaired) electrons. The van der Waals surface area contributed by atoms with Crippen LogP contribution in [-0.4, -0.2) is 49.0 Å². The molecule has 0 spiro atoms. The average molecular weight is 375 g/mol. The largest absolute Gasteiger partial charge is 0.467 e. The van der Waals surface area contributed by atoms with Gasteiger partial charge in [-0.05, 0) is 37.3 Å². The second-order valence-corrected chi connectivity index (χ2v) is 7.30. The van der Waals surface area contributed by atoms with Crippen LogP contribution in [0.15, 0.2) is 30.3 Å². The van der Waals surface area contributed by atoms with Gasteiger partial charge >= 0.3 is 12.0 Å². The molecule has 1 fully saturated rings. The molecule has 1 saturated heterocycles. The zero-order chi connectivity index (χ0) is 19.8. The molecule has 148 valence electrons. The van der Waals surface area contributed by atoms with Crippen molar-refractivity contribution in [2.24, 2.45) is 11.8 Å². The summed E-state index contributed by atoms with van der Waals surface area (Å²) >= 11 is 0. The van der Waals surface area contributed by atoms with E-state index in [0.29, 0.717) is 25.9 Å². The maximum atomic E-state index is 12.7. The van der Waals surface area contributed by atoms with Crippen LogP contribution in [0.3, 0.4) is 0 Å². The van der Waals surface area contributed by atoms with Gasteiger partial charge in [-0.15, -0.1) is 0 Å². The van der Waals surface area contributed by atoms with Gasteiger partial charge in [0.2, 0.25) is 5.91 Å². The highest BCUT2D eigenvalue weighted by Crippen LogP contribution is 2.19. The first-order valence-corrected chi connectivity index (χ1v) is 9.40. The Morgan fingerprint density at radius 2 is 1.93 bits per heavy atom. The molecule has 0 unspecified atom stereocenters. The van der Waals surface area contributed by atoms with E-state index >= 15 is 0 Å². The number of hydrogen-bond donors (Lipinski definition) is 2. The third-order valence-electron chi connectivity index (χ3n) is 4.61. The lowest BCUT2D eigenvalue weighted by molar-refractivity contribution is -0.146. The lowest BCUT2D eigenvalue weighted by Gasteiger charge is -2.32. The number of anilines is 1. The number of benzene rings is 1. The third kappa shape index (κ3) is 6.27. The van der Waals surface area contributed by atoms with E-state index in [2.05, 4.69) is 10.6 Å². The standard InChI is InChI=1S/C20H29N3O4/c1-14(2)12-17(19(25)27-3)22-18(24)15-8-7-11-23(13-15)20(26)21-16-9-5-4-6-10-16/h4-6,9-10,14-15,17H,7-8,11-13H2,1-3H3,(H,21,26)(H,22,24)/t15-,17-/m0/s1. The van der Waals surface area contributed by atoms with Crippen molar-refractivity contribution < 1.29 is 19.1 Å². The van der Waals surface area contributed by atoms with E-state index in [1.54, 1.807) is 4.90 Å². The molecule has 1 aromatic rings. The molecule has 7 nitrogen and oxygen atoms in total. The van der Waals surface area contributed by atoms with Gasteiger partial charge in [0.15, 0.2) is 0 Å². The third-order valence-corrected chi connectivity index (χ3v) is 4.61. The zero-order valence-electron chi connectivity index (χ0n) is 16.2. The van der Waals surface area contributed by atoms with E-state index in [9.17, 15) is 14.4 Å². The molecule has 0 aliphatic carbocycles. The molecule has 2 atom stereocenters. The number of nitrogens with zero attached hydrogens (tertiary/aromatic N) is 1. The monoisotopic (exact) mass is 375 g/mol. The van der Waals surface area contributed by atoms with Gasteiger partial charge in [-0.2, -0.15) is 0 Å². The van der Waals surface area contributed by atoms with Crippen molar-refractivity contribution in [2.75, 3.05) is 25.5 Å². The number of rotatable bonds is 6. The van der Waals surface area contributed by atoms with Crippen molar-refractivity contribution in [3.63, 3.8) is 0 Å². The normalized spacial score (nSPS) is 17.9. The second kappa shape index (κ2) is 9.94. The molecule has 0 saturated carbocycles. The number of nitrogens with one attached hydrogen (secondary N) is 2. The van der Waals surface area contributed by atoms with Crippen molar-refractivity contribution in [3.8, 4) is 0 Å². The second-order valence-electron chi connectivity index (χ2n) is 7.30. The Balaban J connectivity index is 1.94. The van der Waals surface area contributed by atoms with Gasteiger partial charge in [-0.3, -0.25) is 4.79 Å². The molecule has 1 aliphatic rings. The first-order valence-electron chi connectivity index (χ1n) is 9.40. The Hall–Kier alpha value is -2.57. The fraction of sp³-hybridized carbons (Fsp3) is 0.550. The highest BCUT2D eigenvalue weighted by molar-refractivity contribution is 5.90. The Morgan fingerprint density at radius 3 is 2.56 bits per heavy atom. The van der Waals surface area contributed by atoms with Crippen LogP contribution < -0.4 is 10.6 Å². The number of piperidine rings is 1. The predicted octanol–water partition coefficient (Wildman–Crippen LogP) is 2.63. The highest BCUT2D eigenvalue weighted by atomic mass is 16.5. The predicted molar refractivity (Wildman–Crippen MR) is 103 cm³/mol. The van der Waals surface area contributed by atoms with Crippen molar-refractivity contribution in [1.29, 1.82) is 0 Å². The van der Waals surface area contributed by atoms with Crippen molar-refractivity contribution in [2.45, 2.75) is 39.2 Å². The summed E-state index contributed by atoms with van der Waals surface area (Å²) in [6.45, 7) is 4.91. The summed E-state index contributed by atoms with van der Waals surface area (Å²) < 4.78 is 4.80. The first kappa shape index (κ1) is 20.7. The smallest absolute Gasteiger partial charge is 0.328 e. The van der Waals surface area contributed by atoms with Gasteiger partial charge in [-0.25, -0.2) is 9.59 Å². The molecule has 1 aromatic carbocycles. The number of amides is 3. The number of likely N-dealkylation sites (tertiary alicyclic amines) is 1. The number of urea groups is 1. The van der Waals surface area contributed by atoms with Crippen molar-refractivity contribution in [1.82, 2.24) is 10.2 Å². The van der Waals surface area contributed by atoms with E-state index in [0.717, 1.165) is 12.1 Å². The van der Waals surface area contributed by atoms with E-state index < -0.39 is 12.0 Å². The summed E-state index contributed by atoms with van der Waals surface area (Å²) in [5, 5.41) is 5.65. The summed E-state index contributed by atoms with van der Waals surface area (Å²) in [5.74, 6) is -0.733. The fourth-order valence-corrected chi connectivity index (χ4v) is 3.22. The quantitative estimate of drug-likeness (QED) is 0.748. The Kier molecular flexibility index (Phi) is 7.64. The topological polar surface area (TPSA) is 87.7 Å². The number of carbonyl (C=O) groups excluding carboxylic acids is 3. The van der Waals surface area contributed by atoms with Gasteiger partial charge in [-0.1, -0.05) is 32.0 Å². The van der Waals surface area contributed by atoms with Crippen LogP contribution in [0.2, 0.25) is 0 Å². The summed E-state index contributed by atoms with van der Waals surface area (Å²) in [4.78, 5) is 38.7. The number of ether oxygens (including phenoxy) is 1. The molecule has 1 heterocycles. The Labute approximate surface area is 160 Å². The average Bonchev–Trinajstić information content (AvgIpc) is 2.67. The number of para-hydroxylation sites is 1. The highest BCUT2D eigenvalue weighted by Gasteiger charge is 2.31. The summed E-state index contributed by atoms with van der Waals surface area (Å²) in [6, 6.07) is 8.35. The number of carbonyl (C=O) groups is 3. The van der Waals surface area contributed by atoms with Gasteiger partial charge in [0, 0.05) is 18.8 Å². The SMILES string of the molecule is COC(=O)[C@H](CC(C)C)NC(=O)[C@H]1CCCN(C(=O)Nc2ccccc2)C1. The molecule has 0 bridgehead atoms. The van der Waals surface area contributed by atoms with Gasteiger partial charge in [0.05, 0.1) is 13.0 Å². The van der Waals surface area contributed by atoms with Gasteiger partial charge in [0.1, 0.15) is 6.04 Å². The molecule has 3 amide bonds. The van der Waals surface area contributed by atoms with Crippen molar-refractivity contribution in [3.05, 3.63) is 30.3 Å². The molecule has 7 heteroatoms. The molecule has 1 aliphatic heterocycles. The van der Waals surface area contributed by atoms with Crippen LogP contribution in [0.25, 0.3) is 0 Å². The zero-order valence-corrected chi connectivity index (χ0v) is 16.2. The summed E-state index contributed by atoms with van der Waals surface area (Å²) in [6.07, 6.45) is 1.95. The minimum atomic E-state index is -0.656. The molecule has 2 N–H and O–H groups in total. The van der Waals surface area contributed by atoms with Gasteiger partial charge in [0.25, 0.3) is 0 Å². The maximum absolute atomic E-state index is 12.7. The Morgan fingerprint density at radius 1 is 1.22 bits per heavy atom. The lowest BCUT2D eigenvalue weighted by atomic mass is 9.96. The van der Waals surface area contributed by atoms with Crippen molar-refractivity contribution >= 4 is 23.6 Å². The van der Waals surface area contributed by atoms with Crippen LogP contribution in [-0.2, 0) is 14.3 Å². The van der Waals surface area contributed by atoms with E-state index in [1.165, 1.54) is 7.11 Å². The Bertz CT molecular complexity index is 648.